The largest absolute Gasteiger partial charge is 0.468 e. The molecule has 0 unspecified atom stereocenters. The zero-order valence-electron chi connectivity index (χ0n) is 9.52. The molecule has 0 aliphatic carbocycles. The van der Waals surface area contributed by atoms with E-state index in [1.54, 1.807) is 4.68 Å². The molecule has 0 saturated carbocycles. The summed E-state index contributed by atoms with van der Waals surface area (Å²) in [7, 11) is 1.36. The Morgan fingerprint density at radius 1 is 1.44 bits per heavy atom. The van der Waals surface area contributed by atoms with Gasteiger partial charge in [-0.2, -0.15) is 5.10 Å². The van der Waals surface area contributed by atoms with Gasteiger partial charge >= 0.3 is 5.97 Å². The number of hydrogen-bond acceptors (Lipinski definition) is 4. The molecule has 0 saturated heterocycles. The standard InChI is InChI=1S/C9H15N3O2.2ClH/c1-6-8(4-10)7(2)12(11-6)5-9(13)14-3;;/h4-5,10H2,1-3H3;2*1H. The van der Waals surface area contributed by atoms with Gasteiger partial charge in [-0.25, -0.2) is 0 Å². The lowest BCUT2D eigenvalue weighted by atomic mass is 10.2. The van der Waals surface area contributed by atoms with Crippen LogP contribution in [0.15, 0.2) is 0 Å². The van der Waals surface area contributed by atoms with Crippen LogP contribution in [0.5, 0.6) is 0 Å². The summed E-state index contributed by atoms with van der Waals surface area (Å²) in [6, 6.07) is 0. The number of nitrogens with zero attached hydrogens (tertiary/aromatic N) is 2. The van der Waals surface area contributed by atoms with Crippen molar-refractivity contribution in [1.82, 2.24) is 9.78 Å². The van der Waals surface area contributed by atoms with Gasteiger partial charge in [-0.1, -0.05) is 0 Å². The molecule has 0 aromatic carbocycles. The predicted octanol–water partition coefficient (Wildman–Crippen LogP) is 0.975. The Balaban J connectivity index is 0. The molecule has 0 aliphatic heterocycles. The molecular weight excluding hydrogens is 253 g/mol. The van der Waals surface area contributed by atoms with Crippen molar-refractivity contribution in [3.63, 3.8) is 0 Å². The van der Waals surface area contributed by atoms with Crippen molar-refractivity contribution in [3.8, 4) is 0 Å². The third-order valence-electron chi connectivity index (χ3n) is 2.24. The predicted molar refractivity (Wildman–Crippen MR) is 66.1 cm³/mol. The maximum atomic E-state index is 11.0. The van der Waals surface area contributed by atoms with E-state index in [2.05, 4.69) is 9.84 Å². The van der Waals surface area contributed by atoms with E-state index >= 15 is 0 Å². The van der Waals surface area contributed by atoms with E-state index in [-0.39, 0.29) is 37.3 Å². The van der Waals surface area contributed by atoms with E-state index in [1.807, 2.05) is 13.8 Å². The number of carbonyl (C=O) groups excluding carboxylic acids is 1. The minimum atomic E-state index is -0.306. The fourth-order valence-corrected chi connectivity index (χ4v) is 1.37. The van der Waals surface area contributed by atoms with Crippen LogP contribution in [0.1, 0.15) is 17.0 Å². The lowest BCUT2D eigenvalue weighted by Crippen LogP contribution is -2.14. The number of esters is 1. The van der Waals surface area contributed by atoms with Crippen LogP contribution >= 0.6 is 24.8 Å². The molecule has 0 bridgehead atoms. The van der Waals surface area contributed by atoms with Crippen molar-refractivity contribution in [2.24, 2.45) is 5.73 Å². The van der Waals surface area contributed by atoms with E-state index in [1.165, 1.54) is 7.11 Å². The molecule has 2 N–H and O–H groups in total. The maximum absolute atomic E-state index is 11.0. The van der Waals surface area contributed by atoms with Gasteiger partial charge < -0.3 is 10.5 Å². The summed E-state index contributed by atoms with van der Waals surface area (Å²) in [5, 5.41) is 4.20. The smallest absolute Gasteiger partial charge is 0.327 e. The molecule has 1 heterocycles. The van der Waals surface area contributed by atoms with Gasteiger partial charge in [0.2, 0.25) is 0 Å². The first-order valence-corrected chi connectivity index (χ1v) is 4.40. The van der Waals surface area contributed by atoms with Crippen molar-refractivity contribution in [1.29, 1.82) is 0 Å². The summed E-state index contributed by atoms with van der Waals surface area (Å²) in [4.78, 5) is 11.0. The minimum Gasteiger partial charge on any atom is -0.468 e. The third-order valence-corrected chi connectivity index (χ3v) is 2.24. The lowest BCUT2D eigenvalue weighted by Gasteiger charge is -2.02. The normalized spacial score (nSPS) is 9.00. The van der Waals surface area contributed by atoms with Gasteiger partial charge in [0.1, 0.15) is 6.54 Å². The molecule has 5 nitrogen and oxygen atoms in total. The lowest BCUT2D eigenvalue weighted by molar-refractivity contribution is -0.141. The van der Waals surface area contributed by atoms with Gasteiger partial charge in [-0.3, -0.25) is 9.48 Å². The Kier molecular flexibility index (Phi) is 8.24. The number of rotatable bonds is 3. The molecular formula is C9H17Cl2N3O2. The molecule has 1 rings (SSSR count). The highest BCUT2D eigenvalue weighted by Crippen LogP contribution is 2.11. The number of ether oxygens (including phenoxy) is 1. The molecule has 0 spiro atoms. The molecule has 7 heteroatoms. The Morgan fingerprint density at radius 2 is 2.00 bits per heavy atom. The van der Waals surface area contributed by atoms with Crippen molar-refractivity contribution in [3.05, 3.63) is 17.0 Å². The van der Waals surface area contributed by atoms with Crippen molar-refractivity contribution >= 4 is 30.8 Å². The van der Waals surface area contributed by atoms with Gasteiger partial charge in [0.15, 0.2) is 0 Å². The molecule has 0 fully saturated rings. The van der Waals surface area contributed by atoms with Crippen LogP contribution in [0.4, 0.5) is 0 Å². The maximum Gasteiger partial charge on any atom is 0.327 e. The van der Waals surface area contributed by atoms with Gasteiger partial charge in [0, 0.05) is 17.8 Å². The van der Waals surface area contributed by atoms with E-state index in [4.69, 9.17) is 5.73 Å². The second-order valence-corrected chi connectivity index (χ2v) is 3.09. The summed E-state index contributed by atoms with van der Waals surface area (Å²) >= 11 is 0. The summed E-state index contributed by atoms with van der Waals surface area (Å²) in [5.74, 6) is -0.306. The molecule has 1 aromatic rings. The molecule has 0 amide bonds. The van der Waals surface area contributed by atoms with Crippen LogP contribution in [-0.4, -0.2) is 22.9 Å². The number of halogens is 2. The van der Waals surface area contributed by atoms with Crippen molar-refractivity contribution in [2.45, 2.75) is 26.9 Å². The van der Waals surface area contributed by atoms with Gasteiger partial charge in [-0.15, -0.1) is 24.8 Å². The zero-order valence-corrected chi connectivity index (χ0v) is 11.2. The third kappa shape index (κ3) is 3.66. The number of hydrogen-bond donors (Lipinski definition) is 1. The number of nitrogens with two attached hydrogens (primary N) is 1. The Hall–Kier alpha value is -0.780. The molecule has 0 atom stereocenters. The van der Waals surface area contributed by atoms with Crippen molar-refractivity contribution in [2.75, 3.05) is 7.11 Å². The van der Waals surface area contributed by atoms with Gasteiger partial charge in [0.05, 0.1) is 12.8 Å². The second kappa shape index (κ2) is 7.49. The molecule has 0 radical (unpaired) electrons. The molecule has 16 heavy (non-hydrogen) atoms. The highest BCUT2D eigenvalue weighted by atomic mass is 35.5. The van der Waals surface area contributed by atoms with Crippen molar-refractivity contribution < 1.29 is 9.53 Å². The van der Waals surface area contributed by atoms with Crippen LogP contribution in [0.2, 0.25) is 0 Å². The fourth-order valence-electron chi connectivity index (χ4n) is 1.37. The topological polar surface area (TPSA) is 70.1 Å². The summed E-state index contributed by atoms with van der Waals surface area (Å²) < 4.78 is 6.18. The Morgan fingerprint density at radius 3 is 2.38 bits per heavy atom. The number of aromatic nitrogens is 2. The first kappa shape index (κ1) is 17.6. The quantitative estimate of drug-likeness (QED) is 0.831. The summed E-state index contributed by atoms with van der Waals surface area (Å²) in [6.45, 7) is 4.36. The monoisotopic (exact) mass is 269 g/mol. The average molecular weight is 270 g/mol. The highest BCUT2D eigenvalue weighted by molar-refractivity contribution is 5.85. The van der Waals surface area contributed by atoms with Gasteiger partial charge in [-0.05, 0) is 13.8 Å². The first-order chi connectivity index (χ1) is 6.60. The molecule has 94 valence electrons. The van der Waals surface area contributed by atoms with Crippen LogP contribution in [0.25, 0.3) is 0 Å². The Labute approximate surface area is 107 Å². The molecule has 1 aromatic heterocycles. The fraction of sp³-hybridized carbons (Fsp3) is 0.556. The van der Waals surface area contributed by atoms with Crippen LogP contribution < -0.4 is 5.73 Å². The van der Waals surface area contributed by atoms with Crippen LogP contribution in [0, 0.1) is 13.8 Å². The summed E-state index contributed by atoms with van der Waals surface area (Å²) in [6.07, 6.45) is 0. The number of carbonyl (C=O) groups is 1. The minimum absolute atomic E-state index is 0. The molecule has 0 aliphatic rings. The zero-order chi connectivity index (χ0) is 10.7. The number of aryl methyl sites for hydroxylation is 1. The van der Waals surface area contributed by atoms with E-state index in [9.17, 15) is 4.79 Å². The average Bonchev–Trinajstić information content (AvgIpc) is 2.42. The highest BCUT2D eigenvalue weighted by Gasteiger charge is 2.12. The summed E-state index contributed by atoms with van der Waals surface area (Å²) in [5.41, 5.74) is 8.35. The second-order valence-electron chi connectivity index (χ2n) is 3.09. The van der Waals surface area contributed by atoms with E-state index in [0.717, 1.165) is 17.0 Å². The first-order valence-electron chi connectivity index (χ1n) is 4.40. The van der Waals surface area contributed by atoms with E-state index in [0.29, 0.717) is 6.54 Å². The van der Waals surface area contributed by atoms with Crippen LogP contribution in [-0.2, 0) is 22.6 Å². The van der Waals surface area contributed by atoms with E-state index < -0.39 is 0 Å². The van der Waals surface area contributed by atoms with Crippen LogP contribution in [0.3, 0.4) is 0 Å². The Bertz CT molecular complexity index is 353. The van der Waals surface area contributed by atoms with Gasteiger partial charge in [0.25, 0.3) is 0 Å². The SMILES string of the molecule is COC(=O)Cn1nc(C)c(CN)c1C.Cl.Cl. The number of methoxy groups -OCH3 is 1.